The second kappa shape index (κ2) is 6.83. The lowest BCUT2D eigenvalue weighted by molar-refractivity contribution is -0.144. The summed E-state index contributed by atoms with van der Waals surface area (Å²) in [5.74, 6) is -0.0746. The maximum Gasteiger partial charge on any atom is 0.305 e. The van der Waals surface area contributed by atoms with Crippen LogP contribution in [0.1, 0.15) is 40.5 Å². The van der Waals surface area contributed by atoms with Crippen LogP contribution in [0.25, 0.3) is 0 Å². The lowest BCUT2D eigenvalue weighted by atomic mass is 9.91. The summed E-state index contributed by atoms with van der Waals surface area (Å²) < 4.78 is 5.13. The van der Waals surface area contributed by atoms with E-state index in [0.717, 1.165) is 19.5 Å². The third-order valence-corrected chi connectivity index (χ3v) is 2.36. The molecule has 3 nitrogen and oxygen atoms in total. The summed E-state index contributed by atoms with van der Waals surface area (Å²) in [5, 5.41) is 0. The summed E-state index contributed by atoms with van der Waals surface area (Å²) in [6.07, 6.45) is 1.41. The molecule has 0 bridgehead atoms. The minimum absolute atomic E-state index is 0.0746. The highest BCUT2D eigenvalue weighted by Gasteiger charge is 2.13. The molecule has 0 aliphatic heterocycles. The number of carbonyl (C=O) groups is 1. The van der Waals surface area contributed by atoms with Crippen molar-refractivity contribution < 1.29 is 9.53 Å². The Bertz CT molecular complexity index is 185. The van der Waals surface area contributed by atoms with E-state index < -0.39 is 0 Å². The molecule has 0 N–H and O–H groups in total. The Kier molecular flexibility index (Phi) is 6.57. The minimum Gasteiger partial charge on any atom is -0.464 e. The fourth-order valence-corrected chi connectivity index (χ4v) is 1.02. The molecule has 0 aromatic heterocycles. The van der Waals surface area contributed by atoms with Gasteiger partial charge in [0.15, 0.2) is 0 Å². The van der Waals surface area contributed by atoms with Crippen LogP contribution in [0, 0.1) is 5.41 Å². The van der Waals surface area contributed by atoms with Crippen LogP contribution in [0.4, 0.5) is 0 Å². The zero-order valence-electron chi connectivity index (χ0n) is 10.8. The van der Waals surface area contributed by atoms with Crippen LogP contribution in [-0.2, 0) is 9.53 Å². The molecule has 0 heterocycles. The highest BCUT2D eigenvalue weighted by Crippen LogP contribution is 2.20. The number of hydrogen-bond donors (Lipinski definition) is 0. The van der Waals surface area contributed by atoms with Gasteiger partial charge in [-0.3, -0.25) is 4.79 Å². The van der Waals surface area contributed by atoms with Crippen molar-refractivity contribution in [2.75, 3.05) is 26.7 Å². The first kappa shape index (κ1) is 14.4. The predicted molar refractivity (Wildman–Crippen MR) is 62.8 cm³/mol. The maximum absolute atomic E-state index is 11.3. The van der Waals surface area contributed by atoms with Crippen LogP contribution >= 0.6 is 0 Å². The minimum atomic E-state index is -0.0746. The molecule has 90 valence electrons. The number of rotatable bonds is 6. The van der Waals surface area contributed by atoms with E-state index in [1.807, 2.05) is 7.05 Å². The standard InChI is InChI=1S/C12H25NO2/c1-6-13(5)9-10-15-11(14)7-8-12(2,3)4/h6-10H2,1-5H3. The first-order valence-electron chi connectivity index (χ1n) is 5.69. The summed E-state index contributed by atoms with van der Waals surface area (Å²) in [4.78, 5) is 13.4. The van der Waals surface area contributed by atoms with Gasteiger partial charge in [-0.2, -0.15) is 0 Å². The first-order valence-corrected chi connectivity index (χ1v) is 5.69. The molecule has 0 fully saturated rings. The molecule has 0 saturated carbocycles. The lowest BCUT2D eigenvalue weighted by Gasteiger charge is -2.17. The number of hydrogen-bond acceptors (Lipinski definition) is 3. The Morgan fingerprint density at radius 3 is 2.40 bits per heavy atom. The normalized spacial score (nSPS) is 11.9. The van der Waals surface area contributed by atoms with Gasteiger partial charge in [-0.05, 0) is 25.4 Å². The Morgan fingerprint density at radius 2 is 1.93 bits per heavy atom. The van der Waals surface area contributed by atoms with Crippen LogP contribution in [0.2, 0.25) is 0 Å². The molecular formula is C12H25NO2. The van der Waals surface area contributed by atoms with E-state index in [9.17, 15) is 4.79 Å². The van der Waals surface area contributed by atoms with Gasteiger partial charge in [-0.15, -0.1) is 0 Å². The number of esters is 1. The van der Waals surface area contributed by atoms with Crippen molar-refractivity contribution in [2.24, 2.45) is 5.41 Å². The Hall–Kier alpha value is -0.570. The first-order chi connectivity index (χ1) is 6.85. The number of ether oxygens (including phenoxy) is 1. The van der Waals surface area contributed by atoms with Gasteiger partial charge in [0.05, 0.1) is 0 Å². The van der Waals surface area contributed by atoms with Crippen LogP contribution in [0.15, 0.2) is 0 Å². The second-order valence-corrected chi connectivity index (χ2v) is 5.18. The fourth-order valence-electron chi connectivity index (χ4n) is 1.02. The van der Waals surface area contributed by atoms with Crippen molar-refractivity contribution in [2.45, 2.75) is 40.5 Å². The number of carbonyl (C=O) groups excluding carboxylic acids is 1. The Labute approximate surface area is 93.8 Å². The van der Waals surface area contributed by atoms with Crippen molar-refractivity contribution in [3.63, 3.8) is 0 Å². The zero-order chi connectivity index (χ0) is 11.9. The van der Waals surface area contributed by atoms with Gasteiger partial charge in [0.25, 0.3) is 0 Å². The highest BCUT2D eigenvalue weighted by atomic mass is 16.5. The molecule has 0 rings (SSSR count). The SMILES string of the molecule is CCN(C)CCOC(=O)CCC(C)(C)C. The highest BCUT2D eigenvalue weighted by molar-refractivity contribution is 5.69. The zero-order valence-corrected chi connectivity index (χ0v) is 10.8. The molecule has 15 heavy (non-hydrogen) atoms. The van der Waals surface area contributed by atoms with Crippen molar-refractivity contribution in [1.29, 1.82) is 0 Å². The molecule has 0 radical (unpaired) electrons. The average Bonchev–Trinajstić information content (AvgIpc) is 2.13. The van der Waals surface area contributed by atoms with E-state index in [1.54, 1.807) is 0 Å². The number of likely N-dealkylation sites (N-methyl/N-ethyl adjacent to an activating group) is 1. The largest absolute Gasteiger partial charge is 0.464 e. The third-order valence-electron chi connectivity index (χ3n) is 2.36. The van der Waals surface area contributed by atoms with Crippen LogP contribution in [0.3, 0.4) is 0 Å². The van der Waals surface area contributed by atoms with Crippen molar-refractivity contribution >= 4 is 5.97 Å². The van der Waals surface area contributed by atoms with Crippen molar-refractivity contribution in [3.8, 4) is 0 Å². The molecule has 0 saturated heterocycles. The van der Waals surface area contributed by atoms with Gasteiger partial charge in [0.1, 0.15) is 6.61 Å². The van der Waals surface area contributed by atoms with Crippen LogP contribution in [0.5, 0.6) is 0 Å². The van der Waals surface area contributed by atoms with Crippen molar-refractivity contribution in [1.82, 2.24) is 4.90 Å². The van der Waals surface area contributed by atoms with E-state index in [2.05, 4.69) is 32.6 Å². The van der Waals surface area contributed by atoms with Gasteiger partial charge < -0.3 is 9.64 Å². The predicted octanol–water partition coefficient (Wildman–Crippen LogP) is 2.31. The summed E-state index contributed by atoms with van der Waals surface area (Å²) in [5.41, 5.74) is 0.208. The number of nitrogens with zero attached hydrogens (tertiary/aromatic N) is 1. The third kappa shape index (κ3) is 9.73. The quantitative estimate of drug-likeness (QED) is 0.637. The van der Waals surface area contributed by atoms with E-state index in [0.29, 0.717) is 13.0 Å². The second-order valence-electron chi connectivity index (χ2n) is 5.18. The molecule has 0 spiro atoms. The molecule has 0 aliphatic rings. The Balaban J connectivity index is 3.50. The van der Waals surface area contributed by atoms with Gasteiger partial charge >= 0.3 is 5.97 Å². The molecule has 0 aliphatic carbocycles. The van der Waals surface area contributed by atoms with Gasteiger partial charge in [0.2, 0.25) is 0 Å². The fraction of sp³-hybridized carbons (Fsp3) is 0.917. The monoisotopic (exact) mass is 215 g/mol. The smallest absolute Gasteiger partial charge is 0.305 e. The summed E-state index contributed by atoms with van der Waals surface area (Å²) in [6, 6.07) is 0. The lowest BCUT2D eigenvalue weighted by Crippen LogP contribution is -2.24. The molecule has 0 atom stereocenters. The Morgan fingerprint density at radius 1 is 1.33 bits per heavy atom. The van der Waals surface area contributed by atoms with Crippen molar-refractivity contribution in [3.05, 3.63) is 0 Å². The molecule has 0 amide bonds. The molecule has 0 aromatic carbocycles. The van der Waals surface area contributed by atoms with Gasteiger partial charge in [0, 0.05) is 13.0 Å². The molecule has 3 heteroatoms. The van der Waals surface area contributed by atoms with Gasteiger partial charge in [-0.25, -0.2) is 0 Å². The van der Waals surface area contributed by atoms with E-state index in [4.69, 9.17) is 4.74 Å². The summed E-state index contributed by atoms with van der Waals surface area (Å²) in [6.45, 7) is 10.8. The van der Waals surface area contributed by atoms with E-state index in [-0.39, 0.29) is 11.4 Å². The van der Waals surface area contributed by atoms with Crippen LogP contribution < -0.4 is 0 Å². The molecular weight excluding hydrogens is 190 g/mol. The maximum atomic E-state index is 11.3. The summed E-state index contributed by atoms with van der Waals surface area (Å²) >= 11 is 0. The van der Waals surface area contributed by atoms with E-state index in [1.165, 1.54) is 0 Å². The van der Waals surface area contributed by atoms with Crippen LogP contribution in [-0.4, -0.2) is 37.6 Å². The topological polar surface area (TPSA) is 29.5 Å². The van der Waals surface area contributed by atoms with E-state index >= 15 is 0 Å². The average molecular weight is 215 g/mol. The summed E-state index contributed by atoms with van der Waals surface area (Å²) in [7, 11) is 2.02. The molecule has 0 unspecified atom stereocenters. The van der Waals surface area contributed by atoms with Gasteiger partial charge in [-0.1, -0.05) is 27.7 Å². The molecule has 0 aromatic rings.